The maximum atomic E-state index is 12.3. The Morgan fingerprint density at radius 3 is 2.61 bits per heavy atom. The highest BCUT2D eigenvalue weighted by Crippen LogP contribution is 2.16. The molecule has 0 saturated heterocycles. The van der Waals surface area contributed by atoms with Gasteiger partial charge in [-0.2, -0.15) is 28.5 Å². The van der Waals surface area contributed by atoms with Crippen LogP contribution in [0.2, 0.25) is 5.02 Å². The van der Waals surface area contributed by atoms with Crippen LogP contribution in [0.15, 0.2) is 54.0 Å². The summed E-state index contributed by atoms with van der Waals surface area (Å²) < 4.78 is 39.3. The fraction of sp³-hybridized carbons (Fsp3) is 0.176. The Kier molecular flexibility index (Phi) is 5.78. The second-order valence-corrected chi connectivity index (χ2v) is 6.24. The van der Waals surface area contributed by atoms with E-state index in [-0.39, 0.29) is 5.69 Å². The van der Waals surface area contributed by atoms with Crippen LogP contribution in [0.5, 0.6) is 0 Å². The van der Waals surface area contributed by atoms with Crippen molar-refractivity contribution in [2.75, 3.05) is 0 Å². The van der Waals surface area contributed by atoms with Crippen molar-refractivity contribution < 1.29 is 18.0 Å². The van der Waals surface area contributed by atoms with Gasteiger partial charge in [0.1, 0.15) is 12.2 Å². The molecule has 0 radical (unpaired) electrons. The first-order chi connectivity index (χ1) is 13.3. The Balaban J connectivity index is 1.54. The van der Waals surface area contributed by atoms with Gasteiger partial charge in [0.15, 0.2) is 0 Å². The van der Waals surface area contributed by atoms with Crippen molar-refractivity contribution in [3.63, 3.8) is 0 Å². The van der Waals surface area contributed by atoms with Crippen LogP contribution in [-0.2, 0) is 13.1 Å². The number of hydrazone groups is 1. The number of nitrogens with one attached hydrogen (secondary N) is 1. The standard InChI is InChI=1S/C17H14ClF3N6O/c18-14-7-23-27(10-14)9-12-1-3-13(4-2-12)16(28)24-22-8-15-5-6-26(25-15)11-17(19,20)21/h1-8,10H,9,11H2,(H,24,28). The lowest BCUT2D eigenvalue weighted by Crippen LogP contribution is -2.18. The highest BCUT2D eigenvalue weighted by Gasteiger charge is 2.28. The molecule has 0 aliphatic carbocycles. The second-order valence-electron chi connectivity index (χ2n) is 5.81. The predicted octanol–water partition coefficient (Wildman–Crippen LogP) is 3.11. The molecular formula is C17H14ClF3N6O. The number of nitrogens with zero attached hydrogens (tertiary/aromatic N) is 5. The summed E-state index contributed by atoms with van der Waals surface area (Å²) in [5.74, 6) is -0.459. The Labute approximate surface area is 162 Å². The molecule has 1 N–H and O–H groups in total. The number of alkyl halides is 3. The smallest absolute Gasteiger partial charge is 0.267 e. The molecular weight excluding hydrogens is 397 g/mol. The number of hydrogen-bond acceptors (Lipinski definition) is 4. The third kappa shape index (κ3) is 5.68. The summed E-state index contributed by atoms with van der Waals surface area (Å²) in [5, 5.41) is 12.0. The summed E-state index contributed by atoms with van der Waals surface area (Å²) in [6, 6.07) is 8.16. The van der Waals surface area contributed by atoms with Crippen molar-refractivity contribution >= 4 is 23.7 Å². The van der Waals surface area contributed by atoms with Crippen LogP contribution < -0.4 is 5.43 Å². The maximum absolute atomic E-state index is 12.3. The zero-order valence-corrected chi connectivity index (χ0v) is 15.0. The number of carbonyl (C=O) groups excluding carboxylic acids is 1. The molecule has 3 rings (SSSR count). The van der Waals surface area contributed by atoms with Gasteiger partial charge in [-0.15, -0.1) is 0 Å². The molecule has 0 aliphatic heterocycles. The highest BCUT2D eigenvalue weighted by atomic mass is 35.5. The molecule has 0 fully saturated rings. The van der Waals surface area contributed by atoms with Crippen molar-refractivity contribution in [3.8, 4) is 0 Å². The molecule has 0 saturated carbocycles. The van der Waals surface area contributed by atoms with E-state index in [1.54, 1.807) is 35.1 Å². The van der Waals surface area contributed by atoms with Crippen LogP contribution in [0, 0.1) is 0 Å². The summed E-state index contributed by atoms with van der Waals surface area (Å²) in [6.45, 7) is -0.683. The topological polar surface area (TPSA) is 77.1 Å². The van der Waals surface area contributed by atoms with E-state index in [1.165, 1.54) is 24.7 Å². The Bertz CT molecular complexity index is 977. The second kappa shape index (κ2) is 8.26. The molecule has 0 unspecified atom stereocenters. The lowest BCUT2D eigenvalue weighted by atomic mass is 10.1. The fourth-order valence-corrected chi connectivity index (χ4v) is 2.47. The zero-order valence-electron chi connectivity index (χ0n) is 14.3. The first-order valence-electron chi connectivity index (χ1n) is 7.99. The third-order valence-electron chi connectivity index (χ3n) is 3.53. The van der Waals surface area contributed by atoms with Crippen molar-refractivity contribution in [2.45, 2.75) is 19.3 Å². The number of rotatable bonds is 6. The van der Waals surface area contributed by atoms with E-state index in [1.807, 2.05) is 0 Å². The summed E-state index contributed by atoms with van der Waals surface area (Å²) in [4.78, 5) is 12.1. The normalized spacial score (nSPS) is 11.9. The molecule has 28 heavy (non-hydrogen) atoms. The first kappa shape index (κ1) is 19.6. The molecule has 11 heteroatoms. The van der Waals surface area contributed by atoms with E-state index in [9.17, 15) is 18.0 Å². The molecule has 3 aromatic rings. The average molecular weight is 411 g/mol. The molecule has 0 aliphatic rings. The maximum Gasteiger partial charge on any atom is 0.408 e. The summed E-state index contributed by atoms with van der Waals surface area (Å²) >= 11 is 5.81. The number of carbonyl (C=O) groups is 1. The monoisotopic (exact) mass is 410 g/mol. The molecule has 0 spiro atoms. The van der Waals surface area contributed by atoms with Crippen molar-refractivity contribution in [1.82, 2.24) is 25.0 Å². The Morgan fingerprint density at radius 2 is 1.96 bits per heavy atom. The molecule has 1 amide bonds. The largest absolute Gasteiger partial charge is 0.408 e. The van der Waals surface area contributed by atoms with E-state index in [2.05, 4.69) is 20.7 Å². The zero-order chi connectivity index (χ0) is 20.1. The lowest BCUT2D eigenvalue weighted by Gasteiger charge is -2.05. The SMILES string of the molecule is O=C(NN=Cc1ccn(CC(F)(F)F)n1)c1ccc(Cn2cc(Cl)cn2)cc1. The van der Waals surface area contributed by atoms with Gasteiger partial charge in [0, 0.05) is 18.0 Å². The highest BCUT2D eigenvalue weighted by molar-refractivity contribution is 6.30. The van der Waals surface area contributed by atoms with Gasteiger partial charge < -0.3 is 0 Å². The van der Waals surface area contributed by atoms with Gasteiger partial charge in [0.25, 0.3) is 5.91 Å². The van der Waals surface area contributed by atoms with Crippen molar-refractivity contribution in [2.24, 2.45) is 5.10 Å². The third-order valence-corrected chi connectivity index (χ3v) is 3.72. The molecule has 7 nitrogen and oxygen atoms in total. The van der Waals surface area contributed by atoms with Crippen LogP contribution in [-0.4, -0.2) is 37.9 Å². The molecule has 146 valence electrons. The molecule has 0 atom stereocenters. The van der Waals surface area contributed by atoms with E-state index >= 15 is 0 Å². The number of hydrogen-bond donors (Lipinski definition) is 1. The molecule has 1 aromatic carbocycles. The average Bonchev–Trinajstić information content (AvgIpc) is 3.23. The number of benzene rings is 1. The van der Waals surface area contributed by atoms with Crippen LogP contribution in [0.3, 0.4) is 0 Å². The Morgan fingerprint density at radius 1 is 1.21 bits per heavy atom. The first-order valence-corrected chi connectivity index (χ1v) is 8.37. The van der Waals surface area contributed by atoms with Gasteiger partial charge in [-0.05, 0) is 23.8 Å². The summed E-state index contributed by atoms with van der Waals surface area (Å²) in [6.07, 6.45) is 1.22. The minimum Gasteiger partial charge on any atom is -0.267 e. The number of aromatic nitrogens is 4. The van der Waals surface area contributed by atoms with Gasteiger partial charge in [-0.3, -0.25) is 14.2 Å². The van der Waals surface area contributed by atoms with E-state index in [4.69, 9.17) is 11.6 Å². The lowest BCUT2D eigenvalue weighted by molar-refractivity contribution is -0.142. The van der Waals surface area contributed by atoms with Crippen LogP contribution in [0.25, 0.3) is 0 Å². The van der Waals surface area contributed by atoms with Crippen LogP contribution >= 0.6 is 11.6 Å². The quantitative estimate of drug-likeness (QED) is 0.501. The number of amides is 1. The van der Waals surface area contributed by atoms with Gasteiger partial charge in [-0.25, -0.2) is 5.43 Å². The van der Waals surface area contributed by atoms with E-state index in [0.717, 1.165) is 10.2 Å². The van der Waals surface area contributed by atoms with Crippen molar-refractivity contribution in [3.05, 3.63) is 70.8 Å². The predicted molar refractivity (Wildman–Crippen MR) is 96.1 cm³/mol. The minimum absolute atomic E-state index is 0.192. The Hall–Kier alpha value is -3.14. The van der Waals surface area contributed by atoms with Gasteiger partial charge in [-0.1, -0.05) is 23.7 Å². The molecule has 0 bridgehead atoms. The summed E-state index contributed by atoms with van der Waals surface area (Å²) in [7, 11) is 0. The number of halogens is 4. The fourth-order valence-electron chi connectivity index (χ4n) is 2.31. The van der Waals surface area contributed by atoms with Crippen LogP contribution in [0.4, 0.5) is 13.2 Å². The van der Waals surface area contributed by atoms with Crippen molar-refractivity contribution in [1.29, 1.82) is 0 Å². The van der Waals surface area contributed by atoms with Crippen LogP contribution in [0.1, 0.15) is 21.6 Å². The van der Waals surface area contributed by atoms with Gasteiger partial charge in [0.2, 0.25) is 0 Å². The molecule has 2 heterocycles. The minimum atomic E-state index is -4.36. The molecule has 2 aromatic heterocycles. The summed E-state index contributed by atoms with van der Waals surface area (Å²) in [5.41, 5.74) is 3.80. The van der Waals surface area contributed by atoms with E-state index < -0.39 is 18.6 Å². The van der Waals surface area contributed by atoms with E-state index in [0.29, 0.717) is 17.1 Å². The van der Waals surface area contributed by atoms with Gasteiger partial charge in [0.05, 0.1) is 24.0 Å². The van der Waals surface area contributed by atoms with Gasteiger partial charge >= 0.3 is 6.18 Å².